The Morgan fingerprint density at radius 3 is 2.15 bits per heavy atom. The Kier molecular flexibility index (Phi) is 3.48. The van der Waals surface area contributed by atoms with Crippen molar-refractivity contribution in [2.75, 3.05) is 14.1 Å². The molecule has 1 aliphatic carbocycles. The molecule has 2 nitrogen and oxygen atoms in total. The molecule has 0 aromatic carbocycles. The number of Topliss-reactive ketones (excluding diaryl/α,β-unsaturated/α-hetero) is 1. The molecule has 1 aliphatic rings. The molecule has 1 fully saturated rings. The maximum absolute atomic E-state index is 11.9. The average Bonchev–Trinajstić information content (AvgIpc) is 2.17. The van der Waals surface area contributed by atoms with Crippen molar-refractivity contribution in [3.63, 3.8) is 0 Å². The van der Waals surface area contributed by atoms with Crippen molar-refractivity contribution in [1.29, 1.82) is 0 Å². The molecule has 0 radical (unpaired) electrons. The van der Waals surface area contributed by atoms with Gasteiger partial charge in [0.1, 0.15) is 0 Å². The molecule has 13 heavy (non-hydrogen) atoms. The molecule has 0 atom stereocenters. The highest BCUT2D eigenvalue weighted by Crippen LogP contribution is 2.33. The summed E-state index contributed by atoms with van der Waals surface area (Å²) in [5.74, 6) is 0.428. The lowest BCUT2D eigenvalue weighted by Crippen LogP contribution is -2.52. The van der Waals surface area contributed by atoms with E-state index in [2.05, 4.69) is 4.90 Å². The fraction of sp³-hybridized carbons (Fsp3) is 0.909. The van der Waals surface area contributed by atoms with E-state index >= 15 is 0 Å². The third-order valence-corrected chi connectivity index (χ3v) is 3.38. The van der Waals surface area contributed by atoms with E-state index in [1.807, 2.05) is 21.0 Å². The van der Waals surface area contributed by atoms with Crippen molar-refractivity contribution < 1.29 is 4.79 Å². The molecule has 0 saturated heterocycles. The molecule has 2 heteroatoms. The highest BCUT2D eigenvalue weighted by Gasteiger charge is 2.39. The summed E-state index contributed by atoms with van der Waals surface area (Å²) >= 11 is 0. The van der Waals surface area contributed by atoms with Crippen LogP contribution in [0.5, 0.6) is 0 Å². The van der Waals surface area contributed by atoms with Crippen LogP contribution < -0.4 is 0 Å². The maximum atomic E-state index is 11.9. The van der Waals surface area contributed by atoms with Crippen LogP contribution in [0.2, 0.25) is 0 Å². The first kappa shape index (κ1) is 10.7. The number of nitrogens with zero attached hydrogens (tertiary/aromatic N) is 1. The van der Waals surface area contributed by atoms with Gasteiger partial charge in [-0.2, -0.15) is 0 Å². The number of rotatable bonds is 3. The van der Waals surface area contributed by atoms with E-state index in [0.29, 0.717) is 12.2 Å². The third-order valence-electron chi connectivity index (χ3n) is 3.38. The van der Waals surface area contributed by atoms with Crippen LogP contribution in [0.4, 0.5) is 0 Å². The van der Waals surface area contributed by atoms with Crippen molar-refractivity contribution in [1.82, 2.24) is 4.90 Å². The Labute approximate surface area is 81.3 Å². The van der Waals surface area contributed by atoms with Crippen molar-refractivity contribution in [2.24, 2.45) is 0 Å². The van der Waals surface area contributed by atoms with E-state index in [1.165, 1.54) is 19.3 Å². The molecular weight excluding hydrogens is 162 g/mol. The number of carbonyl (C=O) groups is 1. The Hall–Kier alpha value is -0.370. The smallest absolute Gasteiger partial charge is 0.152 e. The number of ketones is 1. The van der Waals surface area contributed by atoms with Gasteiger partial charge in [-0.1, -0.05) is 26.2 Å². The molecule has 0 unspecified atom stereocenters. The lowest BCUT2D eigenvalue weighted by atomic mass is 9.77. The van der Waals surface area contributed by atoms with Gasteiger partial charge in [-0.25, -0.2) is 0 Å². The molecule has 0 amide bonds. The predicted octanol–water partition coefficient (Wildman–Crippen LogP) is 2.23. The van der Waals surface area contributed by atoms with E-state index in [1.54, 1.807) is 0 Å². The molecule has 1 saturated carbocycles. The summed E-state index contributed by atoms with van der Waals surface area (Å²) in [5, 5.41) is 0. The minimum absolute atomic E-state index is 0.118. The Morgan fingerprint density at radius 1 is 1.23 bits per heavy atom. The second-order valence-corrected chi connectivity index (χ2v) is 4.26. The standard InChI is InChI=1S/C11H21NO/c1-4-10(13)11(12(2)3)8-6-5-7-9-11/h4-9H2,1-3H3. The van der Waals surface area contributed by atoms with Crippen molar-refractivity contribution >= 4 is 5.78 Å². The normalized spacial score (nSPS) is 21.8. The van der Waals surface area contributed by atoms with Gasteiger partial charge in [-0.3, -0.25) is 9.69 Å². The van der Waals surface area contributed by atoms with Gasteiger partial charge >= 0.3 is 0 Å². The molecule has 0 heterocycles. The van der Waals surface area contributed by atoms with Gasteiger partial charge in [0.25, 0.3) is 0 Å². The van der Waals surface area contributed by atoms with Crippen LogP contribution in [-0.2, 0) is 4.79 Å². The second kappa shape index (κ2) is 4.23. The van der Waals surface area contributed by atoms with Crippen molar-refractivity contribution in [2.45, 2.75) is 51.0 Å². The Morgan fingerprint density at radius 2 is 1.77 bits per heavy atom. The molecule has 0 bridgehead atoms. The van der Waals surface area contributed by atoms with Gasteiger partial charge in [0.05, 0.1) is 5.54 Å². The van der Waals surface area contributed by atoms with Gasteiger partial charge < -0.3 is 0 Å². The molecule has 0 aliphatic heterocycles. The zero-order valence-corrected chi connectivity index (χ0v) is 9.10. The molecule has 0 aromatic heterocycles. The van der Waals surface area contributed by atoms with Crippen LogP contribution in [-0.4, -0.2) is 30.3 Å². The SMILES string of the molecule is CCC(=O)C1(N(C)C)CCCCC1. The Bertz CT molecular complexity index is 181. The van der Waals surface area contributed by atoms with E-state index in [-0.39, 0.29) is 5.54 Å². The summed E-state index contributed by atoms with van der Waals surface area (Å²) in [7, 11) is 4.08. The largest absolute Gasteiger partial charge is 0.298 e. The van der Waals surface area contributed by atoms with Gasteiger partial charge in [0, 0.05) is 6.42 Å². The van der Waals surface area contributed by atoms with Crippen LogP contribution in [0.1, 0.15) is 45.4 Å². The van der Waals surface area contributed by atoms with Crippen LogP contribution in [0.25, 0.3) is 0 Å². The predicted molar refractivity (Wildman–Crippen MR) is 54.8 cm³/mol. The lowest BCUT2D eigenvalue weighted by Gasteiger charge is -2.41. The molecule has 0 N–H and O–H groups in total. The van der Waals surface area contributed by atoms with E-state index in [9.17, 15) is 4.79 Å². The van der Waals surface area contributed by atoms with Crippen molar-refractivity contribution in [3.8, 4) is 0 Å². The molecule has 1 rings (SSSR count). The van der Waals surface area contributed by atoms with Gasteiger partial charge in [0.15, 0.2) is 5.78 Å². The quantitative estimate of drug-likeness (QED) is 0.668. The summed E-state index contributed by atoms with van der Waals surface area (Å²) < 4.78 is 0. The molecule has 0 spiro atoms. The van der Waals surface area contributed by atoms with E-state index in [4.69, 9.17) is 0 Å². The van der Waals surface area contributed by atoms with Crippen LogP contribution in [0.15, 0.2) is 0 Å². The second-order valence-electron chi connectivity index (χ2n) is 4.26. The zero-order chi connectivity index (χ0) is 9.90. The fourth-order valence-electron chi connectivity index (χ4n) is 2.44. The first-order valence-corrected chi connectivity index (χ1v) is 5.34. The number of hydrogen-bond donors (Lipinski definition) is 0. The summed E-state index contributed by atoms with van der Waals surface area (Å²) in [4.78, 5) is 14.0. The lowest BCUT2D eigenvalue weighted by molar-refractivity contribution is -0.131. The zero-order valence-electron chi connectivity index (χ0n) is 9.10. The minimum Gasteiger partial charge on any atom is -0.298 e. The summed E-state index contributed by atoms with van der Waals surface area (Å²) in [6.07, 6.45) is 6.53. The topological polar surface area (TPSA) is 20.3 Å². The summed E-state index contributed by atoms with van der Waals surface area (Å²) in [6.45, 7) is 1.97. The van der Waals surface area contributed by atoms with Crippen molar-refractivity contribution in [3.05, 3.63) is 0 Å². The number of likely N-dealkylation sites (N-methyl/N-ethyl adjacent to an activating group) is 1. The first-order chi connectivity index (χ1) is 6.13. The maximum Gasteiger partial charge on any atom is 0.152 e. The number of carbonyl (C=O) groups excluding carboxylic acids is 1. The average molecular weight is 183 g/mol. The van der Waals surface area contributed by atoms with Crippen LogP contribution >= 0.6 is 0 Å². The minimum atomic E-state index is -0.118. The molecular formula is C11H21NO. The summed E-state index contributed by atoms with van der Waals surface area (Å²) in [5.41, 5.74) is -0.118. The molecule has 76 valence electrons. The third kappa shape index (κ3) is 1.93. The Balaban J connectivity index is 2.79. The van der Waals surface area contributed by atoms with E-state index in [0.717, 1.165) is 12.8 Å². The number of hydrogen-bond acceptors (Lipinski definition) is 2. The van der Waals surface area contributed by atoms with Gasteiger partial charge in [0.2, 0.25) is 0 Å². The summed E-state index contributed by atoms with van der Waals surface area (Å²) in [6, 6.07) is 0. The van der Waals surface area contributed by atoms with E-state index < -0.39 is 0 Å². The highest BCUT2D eigenvalue weighted by atomic mass is 16.1. The van der Waals surface area contributed by atoms with Crippen LogP contribution in [0.3, 0.4) is 0 Å². The first-order valence-electron chi connectivity index (χ1n) is 5.34. The molecule has 0 aromatic rings. The van der Waals surface area contributed by atoms with Crippen LogP contribution in [0, 0.1) is 0 Å². The highest BCUT2D eigenvalue weighted by molar-refractivity contribution is 5.88. The van der Waals surface area contributed by atoms with Gasteiger partial charge in [-0.15, -0.1) is 0 Å². The van der Waals surface area contributed by atoms with Gasteiger partial charge in [-0.05, 0) is 26.9 Å². The monoisotopic (exact) mass is 183 g/mol. The fourth-order valence-corrected chi connectivity index (χ4v) is 2.44.